The molecular formula is C30H33ClN2O5. The number of aromatic hydroxyl groups is 1. The van der Waals surface area contributed by atoms with Crippen LogP contribution in [0.1, 0.15) is 50.8 Å². The van der Waals surface area contributed by atoms with Crippen LogP contribution < -0.4 is 10.1 Å². The topological polar surface area (TPSA) is 88.1 Å². The third-order valence-electron chi connectivity index (χ3n) is 6.66. The van der Waals surface area contributed by atoms with Gasteiger partial charge in [-0.3, -0.25) is 9.59 Å². The lowest BCUT2D eigenvalue weighted by molar-refractivity contribution is 0.0661. The van der Waals surface area contributed by atoms with Gasteiger partial charge in [0.15, 0.2) is 0 Å². The van der Waals surface area contributed by atoms with Gasteiger partial charge in [-0.05, 0) is 72.9 Å². The highest BCUT2D eigenvalue weighted by atomic mass is 35.5. The number of rotatable bonds is 11. The molecule has 0 bridgehead atoms. The van der Waals surface area contributed by atoms with Gasteiger partial charge in [0.25, 0.3) is 11.8 Å². The van der Waals surface area contributed by atoms with Gasteiger partial charge in [0, 0.05) is 42.4 Å². The zero-order valence-electron chi connectivity index (χ0n) is 21.7. The van der Waals surface area contributed by atoms with E-state index in [2.05, 4.69) is 5.32 Å². The number of carbonyl (C=O) groups excluding carboxylic acids is 2. The van der Waals surface area contributed by atoms with Crippen molar-refractivity contribution in [2.24, 2.45) is 0 Å². The zero-order chi connectivity index (χ0) is 27.1. The van der Waals surface area contributed by atoms with Crippen molar-refractivity contribution in [3.05, 3.63) is 93.5 Å². The number of phenols is 1. The van der Waals surface area contributed by atoms with E-state index in [1.54, 1.807) is 48.4 Å². The average molecular weight is 537 g/mol. The molecule has 4 rings (SSSR count). The molecule has 2 amide bonds. The molecule has 0 aromatic heterocycles. The molecule has 0 aliphatic heterocycles. The largest absolute Gasteiger partial charge is 0.507 e. The fourth-order valence-corrected chi connectivity index (χ4v) is 4.90. The number of carbonyl (C=O) groups is 2. The van der Waals surface area contributed by atoms with Crippen LogP contribution in [-0.2, 0) is 24.1 Å². The third kappa shape index (κ3) is 6.47. The van der Waals surface area contributed by atoms with Crippen molar-refractivity contribution in [2.45, 2.75) is 38.8 Å². The monoisotopic (exact) mass is 536 g/mol. The number of fused-ring (bicyclic) bond motifs is 1. The molecule has 0 heterocycles. The number of benzene rings is 3. The summed E-state index contributed by atoms with van der Waals surface area (Å²) in [5.41, 5.74) is 3.73. The first kappa shape index (κ1) is 27.5. The van der Waals surface area contributed by atoms with Crippen molar-refractivity contribution in [1.82, 2.24) is 10.2 Å². The quantitative estimate of drug-likeness (QED) is 0.336. The van der Waals surface area contributed by atoms with Crippen molar-refractivity contribution in [3.8, 4) is 11.5 Å². The second kappa shape index (κ2) is 12.8. The summed E-state index contributed by atoms with van der Waals surface area (Å²) in [5, 5.41) is 13.9. The molecule has 2 N–H and O–H groups in total. The van der Waals surface area contributed by atoms with Crippen LogP contribution in [0.5, 0.6) is 11.5 Å². The van der Waals surface area contributed by atoms with E-state index in [-0.39, 0.29) is 35.7 Å². The maximum absolute atomic E-state index is 13.9. The molecule has 1 aliphatic rings. The molecule has 7 nitrogen and oxygen atoms in total. The molecule has 0 saturated carbocycles. The SMILES string of the molecule is CCCNC(=O)c1ccc2c(c1)CC(N(Cc1cc(Cl)ccc1OCCOC)C(=O)c1ccccc1O)C2. The van der Waals surface area contributed by atoms with Crippen molar-refractivity contribution >= 4 is 23.4 Å². The van der Waals surface area contributed by atoms with E-state index in [0.717, 1.165) is 23.1 Å². The summed E-state index contributed by atoms with van der Waals surface area (Å²) in [6.07, 6.45) is 2.08. The Balaban J connectivity index is 1.64. The minimum atomic E-state index is -0.287. The van der Waals surface area contributed by atoms with Crippen LogP contribution in [0.15, 0.2) is 60.7 Å². The van der Waals surface area contributed by atoms with Crippen LogP contribution in [-0.4, -0.2) is 54.7 Å². The van der Waals surface area contributed by atoms with Crippen LogP contribution >= 0.6 is 11.6 Å². The van der Waals surface area contributed by atoms with Gasteiger partial charge in [0.1, 0.15) is 18.1 Å². The first-order chi connectivity index (χ1) is 18.4. The zero-order valence-corrected chi connectivity index (χ0v) is 22.5. The maximum atomic E-state index is 13.9. The smallest absolute Gasteiger partial charge is 0.258 e. The molecule has 3 aromatic carbocycles. The van der Waals surface area contributed by atoms with Gasteiger partial charge in [-0.2, -0.15) is 0 Å². The average Bonchev–Trinajstić information content (AvgIpc) is 3.34. The minimum Gasteiger partial charge on any atom is -0.507 e. The second-order valence-corrected chi connectivity index (χ2v) is 9.78. The third-order valence-corrected chi connectivity index (χ3v) is 6.89. The summed E-state index contributed by atoms with van der Waals surface area (Å²) < 4.78 is 11.0. The molecule has 38 heavy (non-hydrogen) atoms. The van der Waals surface area contributed by atoms with Gasteiger partial charge in [-0.1, -0.05) is 36.7 Å². The molecule has 0 radical (unpaired) electrons. The Morgan fingerprint density at radius 3 is 2.61 bits per heavy atom. The summed E-state index contributed by atoms with van der Waals surface area (Å²) >= 11 is 6.34. The summed E-state index contributed by atoms with van der Waals surface area (Å²) in [6, 6.07) is 17.4. The lowest BCUT2D eigenvalue weighted by Crippen LogP contribution is -2.40. The Kier molecular flexibility index (Phi) is 9.26. The van der Waals surface area contributed by atoms with Crippen molar-refractivity contribution in [3.63, 3.8) is 0 Å². The molecule has 1 atom stereocenters. The number of amides is 2. The van der Waals surface area contributed by atoms with Crippen LogP contribution in [0.4, 0.5) is 0 Å². The van der Waals surface area contributed by atoms with Crippen molar-refractivity contribution in [2.75, 3.05) is 26.9 Å². The number of hydrogen-bond donors (Lipinski definition) is 2. The van der Waals surface area contributed by atoms with Crippen LogP contribution in [0.3, 0.4) is 0 Å². The Labute approximate surface area is 228 Å². The first-order valence-electron chi connectivity index (χ1n) is 12.8. The second-order valence-electron chi connectivity index (χ2n) is 9.34. The number of hydrogen-bond acceptors (Lipinski definition) is 5. The molecule has 1 aliphatic carbocycles. The Morgan fingerprint density at radius 1 is 1.05 bits per heavy atom. The number of nitrogens with one attached hydrogen (secondary N) is 1. The molecule has 200 valence electrons. The number of ether oxygens (including phenoxy) is 2. The Morgan fingerprint density at radius 2 is 1.84 bits per heavy atom. The van der Waals surface area contributed by atoms with Crippen molar-refractivity contribution in [1.29, 1.82) is 0 Å². The Hall–Kier alpha value is -3.55. The van der Waals surface area contributed by atoms with E-state index in [1.807, 2.05) is 25.1 Å². The maximum Gasteiger partial charge on any atom is 0.258 e. The highest BCUT2D eigenvalue weighted by Crippen LogP contribution is 2.32. The van der Waals surface area contributed by atoms with Crippen LogP contribution in [0.2, 0.25) is 5.02 Å². The summed E-state index contributed by atoms with van der Waals surface area (Å²) in [6.45, 7) is 3.65. The molecule has 0 fully saturated rings. The molecular weight excluding hydrogens is 504 g/mol. The summed E-state index contributed by atoms with van der Waals surface area (Å²) in [7, 11) is 1.61. The van der Waals surface area contributed by atoms with Gasteiger partial charge in [-0.25, -0.2) is 0 Å². The highest BCUT2D eigenvalue weighted by Gasteiger charge is 2.32. The van der Waals surface area contributed by atoms with Crippen LogP contribution in [0.25, 0.3) is 0 Å². The number of para-hydroxylation sites is 1. The van der Waals surface area contributed by atoms with Gasteiger partial charge in [0.2, 0.25) is 0 Å². The summed E-state index contributed by atoms with van der Waals surface area (Å²) in [4.78, 5) is 28.2. The lowest BCUT2D eigenvalue weighted by atomic mass is 10.1. The molecule has 0 saturated heterocycles. The van der Waals surface area contributed by atoms with Gasteiger partial charge < -0.3 is 24.8 Å². The fourth-order valence-electron chi connectivity index (χ4n) is 4.70. The van der Waals surface area contributed by atoms with Gasteiger partial charge in [-0.15, -0.1) is 0 Å². The van der Waals surface area contributed by atoms with E-state index in [1.165, 1.54) is 6.07 Å². The fraction of sp³-hybridized carbons (Fsp3) is 0.333. The van der Waals surface area contributed by atoms with E-state index in [9.17, 15) is 14.7 Å². The van der Waals surface area contributed by atoms with Gasteiger partial charge >= 0.3 is 0 Å². The van der Waals surface area contributed by atoms with Gasteiger partial charge in [0.05, 0.1) is 12.2 Å². The molecule has 0 spiro atoms. The molecule has 3 aromatic rings. The minimum absolute atomic E-state index is 0.0736. The van der Waals surface area contributed by atoms with E-state index in [0.29, 0.717) is 48.9 Å². The van der Waals surface area contributed by atoms with Crippen LogP contribution in [0, 0.1) is 0 Å². The predicted octanol–water partition coefficient (Wildman–Crippen LogP) is 5.02. The lowest BCUT2D eigenvalue weighted by Gasteiger charge is -2.30. The van der Waals surface area contributed by atoms with E-state index in [4.69, 9.17) is 21.1 Å². The number of methoxy groups -OCH3 is 1. The van der Waals surface area contributed by atoms with Crippen molar-refractivity contribution < 1.29 is 24.2 Å². The number of halogens is 1. The number of nitrogens with zero attached hydrogens (tertiary/aromatic N) is 1. The highest BCUT2D eigenvalue weighted by molar-refractivity contribution is 6.30. The predicted molar refractivity (Wildman–Crippen MR) is 147 cm³/mol. The Bertz CT molecular complexity index is 1300. The normalized spacial score (nSPS) is 14.1. The first-order valence-corrected chi connectivity index (χ1v) is 13.2. The van der Waals surface area contributed by atoms with E-state index < -0.39 is 0 Å². The molecule has 8 heteroatoms. The standard InChI is InChI=1S/C30H33ClN2O5/c1-3-12-32-29(35)21-9-8-20-17-25(18-22(20)15-21)33(30(36)26-6-4-5-7-27(26)34)19-23-16-24(31)10-11-28(23)38-14-13-37-2/h4-11,15-16,25,34H,3,12-14,17-19H2,1-2H3,(H,32,35). The van der Waals surface area contributed by atoms with E-state index >= 15 is 0 Å². The molecule has 1 unspecified atom stereocenters. The number of phenolic OH excluding ortho intramolecular Hbond substituents is 1. The summed E-state index contributed by atoms with van der Waals surface area (Å²) in [5.74, 6) is 0.157.